The van der Waals surface area contributed by atoms with E-state index in [0.717, 1.165) is 27.1 Å². The maximum absolute atomic E-state index is 12.2. The summed E-state index contributed by atoms with van der Waals surface area (Å²) in [5.41, 5.74) is 0. The van der Waals surface area contributed by atoms with Crippen LogP contribution in [0.1, 0.15) is 41.5 Å². The number of halogens is 1. The van der Waals surface area contributed by atoms with Crippen LogP contribution in [0, 0.1) is 12.8 Å². The number of carbonyl (C=O) groups excluding carboxylic acids is 1. The van der Waals surface area contributed by atoms with Crippen molar-refractivity contribution in [3.8, 4) is 0 Å². The fraction of sp³-hybridized carbons (Fsp3) is 0.571. The lowest BCUT2D eigenvalue weighted by Crippen LogP contribution is -2.46. The Morgan fingerprint density at radius 2 is 2.15 bits per heavy atom. The molecule has 0 radical (unpaired) electrons. The number of hydrogen-bond acceptors (Lipinski definition) is 3. The van der Waals surface area contributed by atoms with Crippen molar-refractivity contribution in [1.29, 1.82) is 0 Å². The second-order valence-corrected chi connectivity index (χ2v) is 7.66. The highest BCUT2D eigenvalue weighted by molar-refractivity contribution is 9.10. The molecular weight excluding hydrogens is 342 g/mol. The normalized spacial score (nSPS) is 26.9. The molecule has 2 aliphatic rings. The summed E-state index contributed by atoms with van der Waals surface area (Å²) >= 11 is 5.08. The number of nitrogens with zero attached hydrogens (tertiary/aromatic N) is 1. The largest absolute Gasteiger partial charge is 0.481 e. The van der Waals surface area contributed by atoms with Crippen LogP contribution < -0.4 is 0 Å². The van der Waals surface area contributed by atoms with Gasteiger partial charge < -0.3 is 10.0 Å². The quantitative estimate of drug-likeness (QED) is 0.902. The molecule has 1 amide bonds. The first-order valence-corrected chi connectivity index (χ1v) is 8.39. The van der Waals surface area contributed by atoms with Gasteiger partial charge in [0.1, 0.15) is 0 Å². The van der Waals surface area contributed by atoms with Gasteiger partial charge in [-0.15, -0.1) is 11.3 Å². The van der Waals surface area contributed by atoms with E-state index in [4.69, 9.17) is 0 Å². The summed E-state index contributed by atoms with van der Waals surface area (Å²) in [7, 11) is 0. The molecule has 0 bridgehead atoms. The van der Waals surface area contributed by atoms with Crippen molar-refractivity contribution in [3.05, 3.63) is 20.3 Å². The summed E-state index contributed by atoms with van der Waals surface area (Å²) in [4.78, 5) is 27.8. The van der Waals surface area contributed by atoms with Gasteiger partial charge in [-0.2, -0.15) is 0 Å². The molecule has 2 atom stereocenters. The average molecular weight is 358 g/mol. The minimum absolute atomic E-state index is 0.108. The zero-order valence-electron chi connectivity index (χ0n) is 11.1. The van der Waals surface area contributed by atoms with Gasteiger partial charge in [-0.3, -0.25) is 9.59 Å². The maximum atomic E-state index is 12.2. The van der Waals surface area contributed by atoms with Crippen LogP contribution in [0.4, 0.5) is 0 Å². The summed E-state index contributed by atoms with van der Waals surface area (Å²) in [5, 5.41) is 9.51. The van der Waals surface area contributed by atoms with Gasteiger partial charge in [0, 0.05) is 26.7 Å². The molecule has 108 valence electrons. The predicted molar refractivity (Wildman–Crippen MR) is 79.7 cm³/mol. The second-order valence-electron chi connectivity index (χ2n) is 5.51. The molecule has 20 heavy (non-hydrogen) atoms. The van der Waals surface area contributed by atoms with E-state index in [0.29, 0.717) is 12.8 Å². The monoisotopic (exact) mass is 357 g/mol. The number of aryl methyl sites for hydroxylation is 1. The van der Waals surface area contributed by atoms with E-state index in [9.17, 15) is 14.7 Å². The zero-order chi connectivity index (χ0) is 14.4. The first-order valence-electron chi connectivity index (χ1n) is 6.79. The lowest BCUT2D eigenvalue weighted by Gasteiger charge is -2.39. The molecule has 1 N–H and O–H groups in total. The van der Waals surface area contributed by atoms with E-state index in [1.54, 1.807) is 11.3 Å². The van der Waals surface area contributed by atoms with Gasteiger partial charge in [0.2, 0.25) is 5.91 Å². The number of amides is 1. The third-order valence-electron chi connectivity index (χ3n) is 4.06. The minimum Gasteiger partial charge on any atom is -0.481 e. The maximum Gasteiger partial charge on any atom is 0.308 e. The Morgan fingerprint density at radius 1 is 1.45 bits per heavy atom. The summed E-state index contributed by atoms with van der Waals surface area (Å²) in [5.74, 6) is -1.18. The summed E-state index contributed by atoms with van der Waals surface area (Å²) < 4.78 is 0.996. The molecule has 2 heterocycles. The lowest BCUT2D eigenvalue weighted by molar-refractivity contribution is -0.152. The molecule has 6 heteroatoms. The van der Waals surface area contributed by atoms with Gasteiger partial charge in [-0.25, -0.2) is 0 Å². The van der Waals surface area contributed by atoms with Crippen molar-refractivity contribution >= 4 is 39.1 Å². The molecule has 3 rings (SSSR count). The molecule has 1 aliphatic carbocycles. The van der Waals surface area contributed by atoms with Crippen LogP contribution in [0.25, 0.3) is 0 Å². The molecule has 1 saturated heterocycles. The second kappa shape index (κ2) is 5.15. The Kier molecular flexibility index (Phi) is 3.62. The Labute approximate surface area is 129 Å². The summed E-state index contributed by atoms with van der Waals surface area (Å²) in [6, 6.07) is 1.93. The highest BCUT2D eigenvalue weighted by atomic mass is 79.9. The molecular formula is C14H16BrNO3S. The number of aliphatic carboxylic acids is 1. The smallest absolute Gasteiger partial charge is 0.308 e. The first-order chi connectivity index (χ1) is 9.49. The van der Waals surface area contributed by atoms with Crippen molar-refractivity contribution < 1.29 is 14.7 Å². The van der Waals surface area contributed by atoms with Crippen molar-refractivity contribution in [3.63, 3.8) is 0 Å². The molecule has 1 aliphatic heterocycles. The fourth-order valence-corrected chi connectivity index (χ4v) is 4.65. The van der Waals surface area contributed by atoms with Crippen molar-refractivity contribution in [2.75, 3.05) is 0 Å². The molecule has 0 spiro atoms. The van der Waals surface area contributed by atoms with Crippen LogP contribution >= 0.6 is 27.3 Å². The number of rotatable bonds is 3. The molecule has 1 aromatic heterocycles. The van der Waals surface area contributed by atoms with Gasteiger partial charge in [0.05, 0.1) is 12.0 Å². The van der Waals surface area contributed by atoms with Gasteiger partial charge >= 0.3 is 5.97 Å². The van der Waals surface area contributed by atoms with Crippen LogP contribution in [-0.4, -0.2) is 27.9 Å². The number of hydrogen-bond donors (Lipinski definition) is 1. The number of likely N-dealkylation sites (tertiary alicyclic amines) is 1. The molecule has 4 nitrogen and oxygen atoms in total. The number of carboxylic acid groups (broad SMARTS) is 1. The Balaban J connectivity index is 2.02. The molecule has 0 aromatic carbocycles. The van der Waals surface area contributed by atoms with Gasteiger partial charge in [0.25, 0.3) is 0 Å². The standard InChI is InChI=1S/C14H16BrNO3S/c1-7-10(15)6-11(20-7)13-9(14(18)19)4-5-12(17)16(13)8-2-3-8/h6,8-9,13H,2-5H2,1H3,(H,18,19). The first kappa shape index (κ1) is 14.1. The zero-order valence-corrected chi connectivity index (χ0v) is 13.5. The van der Waals surface area contributed by atoms with Crippen LogP contribution in [-0.2, 0) is 9.59 Å². The Morgan fingerprint density at radius 3 is 2.65 bits per heavy atom. The number of carboxylic acids is 1. The van der Waals surface area contributed by atoms with Crippen molar-refractivity contribution in [2.45, 2.75) is 44.7 Å². The highest BCUT2D eigenvalue weighted by Crippen LogP contribution is 2.46. The third-order valence-corrected chi connectivity index (χ3v) is 6.27. The van der Waals surface area contributed by atoms with Crippen LogP contribution in [0.2, 0.25) is 0 Å². The summed E-state index contributed by atoms with van der Waals surface area (Å²) in [6.07, 6.45) is 2.80. The van der Waals surface area contributed by atoms with Crippen molar-refractivity contribution in [2.24, 2.45) is 5.92 Å². The highest BCUT2D eigenvalue weighted by Gasteiger charge is 2.47. The number of thiophene rings is 1. The number of carbonyl (C=O) groups is 2. The van der Waals surface area contributed by atoms with Gasteiger partial charge in [0.15, 0.2) is 0 Å². The predicted octanol–water partition coefficient (Wildman–Crippen LogP) is 3.35. The Hall–Kier alpha value is -0.880. The van der Waals surface area contributed by atoms with E-state index < -0.39 is 11.9 Å². The molecule has 1 aromatic rings. The average Bonchev–Trinajstić information content (AvgIpc) is 3.16. The fourth-order valence-electron chi connectivity index (χ4n) is 2.92. The molecule has 2 unspecified atom stereocenters. The van der Waals surface area contributed by atoms with E-state index in [-0.39, 0.29) is 18.0 Å². The van der Waals surface area contributed by atoms with Gasteiger partial charge in [-0.1, -0.05) is 0 Å². The minimum atomic E-state index is -0.796. The molecule has 1 saturated carbocycles. The van der Waals surface area contributed by atoms with E-state index in [2.05, 4.69) is 15.9 Å². The van der Waals surface area contributed by atoms with Crippen LogP contribution in [0.15, 0.2) is 10.5 Å². The third kappa shape index (κ3) is 2.39. The van der Waals surface area contributed by atoms with Crippen LogP contribution in [0.5, 0.6) is 0 Å². The lowest BCUT2D eigenvalue weighted by atomic mass is 9.87. The summed E-state index contributed by atoms with van der Waals surface area (Å²) in [6.45, 7) is 2.00. The van der Waals surface area contributed by atoms with Crippen LogP contribution in [0.3, 0.4) is 0 Å². The molecule has 2 fully saturated rings. The Bertz CT molecular complexity index is 547. The number of piperidine rings is 1. The van der Waals surface area contributed by atoms with Crippen molar-refractivity contribution in [1.82, 2.24) is 4.90 Å². The van der Waals surface area contributed by atoms with E-state index in [1.165, 1.54) is 0 Å². The van der Waals surface area contributed by atoms with E-state index >= 15 is 0 Å². The topological polar surface area (TPSA) is 57.6 Å². The van der Waals surface area contributed by atoms with E-state index in [1.807, 2.05) is 17.9 Å². The van der Waals surface area contributed by atoms with Gasteiger partial charge in [-0.05, 0) is 48.2 Å². The SMILES string of the molecule is Cc1sc(C2C(C(=O)O)CCC(=O)N2C2CC2)cc1Br.